The van der Waals surface area contributed by atoms with E-state index in [0.29, 0.717) is 11.6 Å². The molecule has 1 aliphatic heterocycles. The van der Waals surface area contributed by atoms with Crippen LogP contribution < -0.4 is 5.32 Å². The van der Waals surface area contributed by atoms with E-state index in [1.807, 2.05) is 13.2 Å². The van der Waals surface area contributed by atoms with Gasteiger partial charge in [-0.1, -0.05) is 0 Å². The molecule has 23 heavy (non-hydrogen) atoms. The number of nitrogens with one attached hydrogen (secondary N) is 1. The summed E-state index contributed by atoms with van der Waals surface area (Å²) in [5.74, 6) is 1.07. The predicted molar refractivity (Wildman–Crippen MR) is 84.9 cm³/mol. The van der Waals surface area contributed by atoms with Crippen molar-refractivity contribution < 1.29 is 9.53 Å². The van der Waals surface area contributed by atoms with Gasteiger partial charge >= 0.3 is 0 Å². The number of amides is 1. The summed E-state index contributed by atoms with van der Waals surface area (Å²) >= 11 is 0. The molecule has 1 atom stereocenters. The topological polar surface area (TPSA) is 74.0 Å². The summed E-state index contributed by atoms with van der Waals surface area (Å²) in [6.45, 7) is 4.36. The third-order valence-corrected chi connectivity index (χ3v) is 4.33. The van der Waals surface area contributed by atoms with Crippen molar-refractivity contribution in [1.29, 1.82) is 0 Å². The molecular weight excluding hydrogens is 294 g/mol. The summed E-state index contributed by atoms with van der Waals surface area (Å²) in [4.78, 5) is 21.2. The second-order valence-electron chi connectivity index (χ2n) is 5.90. The Morgan fingerprint density at radius 1 is 1.43 bits per heavy atom. The van der Waals surface area contributed by atoms with Gasteiger partial charge in [-0.2, -0.15) is 0 Å². The van der Waals surface area contributed by atoms with Gasteiger partial charge < -0.3 is 19.2 Å². The number of carbonyl (C=O) groups excluding carboxylic acids is 1. The fourth-order valence-corrected chi connectivity index (χ4v) is 3.05. The van der Waals surface area contributed by atoms with E-state index < -0.39 is 0 Å². The van der Waals surface area contributed by atoms with Crippen molar-refractivity contribution in [3.63, 3.8) is 0 Å². The highest BCUT2D eigenvalue weighted by atomic mass is 16.5. The van der Waals surface area contributed by atoms with Gasteiger partial charge in [0.15, 0.2) is 0 Å². The number of rotatable bonds is 5. The minimum absolute atomic E-state index is 0.122. The molecule has 0 aliphatic carbocycles. The molecule has 1 N–H and O–H groups in total. The number of imidazole rings is 2. The van der Waals surface area contributed by atoms with Crippen molar-refractivity contribution in [1.82, 2.24) is 24.4 Å². The fraction of sp³-hybridized carbons (Fsp3) is 0.562. The molecule has 3 heterocycles. The quantitative estimate of drug-likeness (QED) is 0.907. The second-order valence-corrected chi connectivity index (χ2v) is 5.90. The number of ether oxygens (including phenoxy) is 1. The van der Waals surface area contributed by atoms with Crippen LogP contribution in [0.2, 0.25) is 0 Å². The lowest BCUT2D eigenvalue weighted by atomic mass is 9.91. The van der Waals surface area contributed by atoms with Crippen LogP contribution in [0, 0.1) is 5.92 Å². The van der Waals surface area contributed by atoms with Crippen LogP contribution in [0.1, 0.15) is 42.1 Å². The molecule has 1 aliphatic rings. The molecule has 7 nitrogen and oxygen atoms in total. The number of hydrogen-bond acceptors (Lipinski definition) is 4. The van der Waals surface area contributed by atoms with Gasteiger partial charge in [0.1, 0.15) is 11.5 Å². The van der Waals surface area contributed by atoms with E-state index in [2.05, 4.69) is 26.8 Å². The number of carbonyl (C=O) groups is 1. The van der Waals surface area contributed by atoms with Crippen LogP contribution in [0.5, 0.6) is 0 Å². The molecule has 1 saturated heterocycles. The first-order valence-electron chi connectivity index (χ1n) is 8.06. The van der Waals surface area contributed by atoms with E-state index >= 15 is 0 Å². The summed E-state index contributed by atoms with van der Waals surface area (Å²) in [6, 6.07) is -0.122. The zero-order valence-corrected chi connectivity index (χ0v) is 13.6. The average Bonchev–Trinajstić information content (AvgIpc) is 3.21. The molecule has 0 bridgehead atoms. The first-order valence-corrected chi connectivity index (χ1v) is 8.06. The largest absolute Gasteiger partial charge is 0.381 e. The highest BCUT2D eigenvalue weighted by molar-refractivity contribution is 5.92. The van der Waals surface area contributed by atoms with Crippen molar-refractivity contribution >= 4 is 5.91 Å². The normalized spacial score (nSPS) is 17.1. The first kappa shape index (κ1) is 15.7. The van der Waals surface area contributed by atoms with Gasteiger partial charge in [-0.05, 0) is 25.7 Å². The minimum atomic E-state index is -0.159. The smallest absolute Gasteiger partial charge is 0.272 e. The Kier molecular flexibility index (Phi) is 4.76. The maximum Gasteiger partial charge on any atom is 0.272 e. The highest BCUT2D eigenvalue weighted by Gasteiger charge is 2.30. The first-order chi connectivity index (χ1) is 11.2. The summed E-state index contributed by atoms with van der Waals surface area (Å²) in [5.41, 5.74) is 0.430. The van der Waals surface area contributed by atoms with Crippen molar-refractivity contribution in [2.24, 2.45) is 13.0 Å². The molecular formula is C16H23N5O2. The van der Waals surface area contributed by atoms with Crippen LogP contribution in [0.3, 0.4) is 0 Å². The van der Waals surface area contributed by atoms with Crippen molar-refractivity contribution in [2.45, 2.75) is 32.4 Å². The minimum Gasteiger partial charge on any atom is -0.381 e. The van der Waals surface area contributed by atoms with Gasteiger partial charge in [-0.25, -0.2) is 9.97 Å². The average molecular weight is 317 g/mol. The maximum absolute atomic E-state index is 12.6. The second kappa shape index (κ2) is 6.95. The van der Waals surface area contributed by atoms with Crippen molar-refractivity contribution in [3.8, 4) is 0 Å². The molecule has 2 aromatic heterocycles. The summed E-state index contributed by atoms with van der Waals surface area (Å²) in [5, 5.41) is 3.14. The van der Waals surface area contributed by atoms with E-state index in [9.17, 15) is 4.79 Å². The van der Waals surface area contributed by atoms with Crippen LogP contribution >= 0.6 is 0 Å². The Labute approximate surface area is 135 Å². The van der Waals surface area contributed by atoms with E-state index in [1.54, 1.807) is 23.3 Å². The van der Waals surface area contributed by atoms with Crippen LogP contribution in [-0.4, -0.2) is 38.2 Å². The highest BCUT2D eigenvalue weighted by Crippen LogP contribution is 2.29. The molecule has 2 aromatic rings. The zero-order valence-electron chi connectivity index (χ0n) is 13.6. The Morgan fingerprint density at radius 3 is 2.87 bits per heavy atom. The van der Waals surface area contributed by atoms with Gasteiger partial charge in [-0.3, -0.25) is 4.79 Å². The predicted octanol–water partition coefficient (Wildman–Crippen LogP) is 1.53. The molecule has 1 fully saturated rings. The lowest BCUT2D eigenvalue weighted by Gasteiger charge is -2.30. The standard InChI is InChI=1S/C16H23N5O2/c1-3-21-7-6-17-15(21)14(12-4-8-23-9-5-12)19-16(22)13-10-20(2)11-18-13/h6-7,10-12,14H,3-5,8-9H2,1-2H3,(H,19,22). The summed E-state index contributed by atoms with van der Waals surface area (Å²) in [6.07, 6.45) is 8.94. The maximum atomic E-state index is 12.6. The molecule has 0 saturated carbocycles. The molecule has 124 valence electrons. The molecule has 7 heteroatoms. The van der Waals surface area contributed by atoms with Crippen LogP contribution in [0.15, 0.2) is 24.9 Å². The third kappa shape index (κ3) is 3.44. The summed E-state index contributed by atoms with van der Waals surface area (Å²) < 4.78 is 9.31. The van der Waals surface area contributed by atoms with Gasteiger partial charge in [0, 0.05) is 45.4 Å². The number of nitrogens with zero attached hydrogens (tertiary/aromatic N) is 4. The van der Waals surface area contributed by atoms with E-state index in [-0.39, 0.29) is 11.9 Å². The molecule has 0 spiro atoms. The Bertz CT molecular complexity index is 657. The lowest BCUT2D eigenvalue weighted by Crippen LogP contribution is -2.37. The van der Waals surface area contributed by atoms with Crippen molar-refractivity contribution in [3.05, 3.63) is 36.4 Å². The van der Waals surface area contributed by atoms with E-state index in [1.165, 1.54) is 0 Å². The van der Waals surface area contributed by atoms with Gasteiger partial charge in [-0.15, -0.1) is 0 Å². The van der Waals surface area contributed by atoms with Crippen molar-refractivity contribution in [2.75, 3.05) is 13.2 Å². The van der Waals surface area contributed by atoms with Gasteiger partial charge in [0.2, 0.25) is 0 Å². The van der Waals surface area contributed by atoms with Gasteiger partial charge in [0.05, 0.1) is 12.4 Å². The molecule has 1 unspecified atom stereocenters. The SMILES string of the molecule is CCn1ccnc1C(NC(=O)c1cn(C)cn1)C1CCOCC1. The molecule has 0 aromatic carbocycles. The zero-order chi connectivity index (χ0) is 16.2. The number of aryl methyl sites for hydroxylation is 2. The number of aromatic nitrogens is 4. The van der Waals surface area contributed by atoms with E-state index in [0.717, 1.165) is 38.4 Å². The Balaban J connectivity index is 1.84. The number of hydrogen-bond donors (Lipinski definition) is 1. The van der Waals surface area contributed by atoms with Gasteiger partial charge in [0.25, 0.3) is 5.91 Å². The third-order valence-electron chi connectivity index (χ3n) is 4.33. The van der Waals surface area contributed by atoms with E-state index in [4.69, 9.17) is 4.74 Å². The van der Waals surface area contributed by atoms with Crippen LogP contribution in [0.4, 0.5) is 0 Å². The Morgan fingerprint density at radius 2 is 2.22 bits per heavy atom. The van der Waals surface area contributed by atoms with Crippen LogP contribution in [0.25, 0.3) is 0 Å². The molecule has 1 amide bonds. The lowest BCUT2D eigenvalue weighted by molar-refractivity contribution is 0.0497. The van der Waals surface area contributed by atoms with Crippen LogP contribution in [-0.2, 0) is 18.3 Å². The molecule has 0 radical (unpaired) electrons. The molecule has 3 rings (SSSR count). The Hall–Kier alpha value is -2.15. The fourth-order valence-electron chi connectivity index (χ4n) is 3.05. The monoisotopic (exact) mass is 317 g/mol. The summed E-state index contributed by atoms with van der Waals surface area (Å²) in [7, 11) is 1.85.